The number of aromatic nitrogens is 1. The average molecular weight is 251 g/mol. The van der Waals surface area contributed by atoms with E-state index < -0.39 is 17.8 Å². The van der Waals surface area contributed by atoms with Crippen LogP contribution < -0.4 is 0 Å². The molecule has 0 saturated carbocycles. The van der Waals surface area contributed by atoms with E-state index in [0.29, 0.717) is 6.20 Å². The highest BCUT2D eigenvalue weighted by Gasteiger charge is 2.18. The van der Waals surface area contributed by atoms with Crippen LogP contribution >= 0.6 is 15.9 Å². The van der Waals surface area contributed by atoms with E-state index in [1.165, 1.54) is 0 Å². The summed E-state index contributed by atoms with van der Waals surface area (Å²) in [5, 5.41) is 8.38. The van der Waals surface area contributed by atoms with Gasteiger partial charge in [0.05, 0.1) is 10.0 Å². The quantitative estimate of drug-likeness (QED) is 0.769. The summed E-state index contributed by atoms with van der Waals surface area (Å²) in [6, 6.07) is 1.56. The molecule has 0 fully saturated rings. The van der Waals surface area contributed by atoms with Crippen LogP contribution in [0, 0.1) is 17.1 Å². The molecule has 1 aromatic rings. The molecule has 1 aromatic heterocycles. The minimum atomic E-state index is -2.93. The summed E-state index contributed by atoms with van der Waals surface area (Å²) in [6.07, 6.45) is -2.28. The van der Waals surface area contributed by atoms with Crippen molar-refractivity contribution in [1.29, 1.82) is 5.26 Å². The lowest BCUT2D eigenvalue weighted by molar-refractivity contribution is 0.145. The molecule has 0 radical (unpaired) electrons. The zero-order valence-corrected chi connectivity index (χ0v) is 7.65. The molecule has 0 atom stereocenters. The first-order valence-electron chi connectivity index (χ1n) is 3.10. The molecule has 6 heteroatoms. The number of hydrogen-bond donors (Lipinski definition) is 0. The van der Waals surface area contributed by atoms with Gasteiger partial charge in [0, 0.05) is 6.20 Å². The molecule has 1 heterocycles. The molecule has 0 spiro atoms. The van der Waals surface area contributed by atoms with Crippen LogP contribution in [-0.4, -0.2) is 4.98 Å². The van der Waals surface area contributed by atoms with Gasteiger partial charge in [-0.1, -0.05) is 0 Å². The van der Waals surface area contributed by atoms with Crippen molar-refractivity contribution in [1.82, 2.24) is 4.98 Å². The second-order valence-corrected chi connectivity index (χ2v) is 2.90. The number of pyridine rings is 1. The molecule has 0 N–H and O–H groups in total. The topological polar surface area (TPSA) is 36.7 Å². The Kier molecular flexibility index (Phi) is 2.88. The summed E-state index contributed by atoms with van der Waals surface area (Å²) in [4.78, 5) is 3.35. The molecule has 0 aliphatic rings. The molecule has 0 aromatic carbocycles. The van der Waals surface area contributed by atoms with Crippen LogP contribution in [0.4, 0.5) is 13.2 Å². The van der Waals surface area contributed by atoms with Gasteiger partial charge in [-0.3, -0.25) is 0 Å². The van der Waals surface area contributed by atoms with Crippen LogP contribution in [0.25, 0.3) is 0 Å². The third kappa shape index (κ3) is 1.80. The van der Waals surface area contributed by atoms with E-state index in [9.17, 15) is 13.2 Å². The molecule has 2 nitrogen and oxygen atoms in total. The van der Waals surface area contributed by atoms with Gasteiger partial charge in [-0.2, -0.15) is 5.26 Å². The standard InChI is InChI=1S/C7H2BrF3N2/c8-5-4(1-12)13-2-3(6(5)9)7(10)11/h2,7H. The Morgan fingerprint density at radius 2 is 2.15 bits per heavy atom. The van der Waals surface area contributed by atoms with Crippen LogP contribution in [-0.2, 0) is 0 Å². The number of alkyl halides is 2. The number of nitrogens with zero attached hydrogens (tertiary/aromatic N) is 2. The van der Waals surface area contributed by atoms with Crippen molar-refractivity contribution in [3.63, 3.8) is 0 Å². The Balaban J connectivity index is 3.33. The van der Waals surface area contributed by atoms with E-state index >= 15 is 0 Å². The third-order valence-electron chi connectivity index (χ3n) is 1.33. The lowest BCUT2D eigenvalue weighted by Crippen LogP contribution is -1.97. The van der Waals surface area contributed by atoms with Crippen LogP contribution in [0.5, 0.6) is 0 Å². The minimum Gasteiger partial charge on any atom is -0.244 e. The molecule has 68 valence electrons. The number of nitriles is 1. The number of halogens is 4. The molecule has 0 aliphatic carbocycles. The second kappa shape index (κ2) is 3.75. The Hall–Kier alpha value is -1.09. The molecule has 1 rings (SSSR count). The van der Waals surface area contributed by atoms with Crippen LogP contribution in [0.1, 0.15) is 17.7 Å². The maximum Gasteiger partial charge on any atom is 0.268 e. The first-order chi connectivity index (χ1) is 6.07. The van der Waals surface area contributed by atoms with Crippen molar-refractivity contribution in [2.75, 3.05) is 0 Å². The third-order valence-corrected chi connectivity index (χ3v) is 2.05. The van der Waals surface area contributed by atoms with Gasteiger partial charge >= 0.3 is 0 Å². The Labute approximate surface area is 80.1 Å². The summed E-state index contributed by atoms with van der Waals surface area (Å²) < 4.78 is 36.8. The predicted octanol–water partition coefficient (Wildman–Crippen LogP) is 2.79. The van der Waals surface area contributed by atoms with Crippen molar-refractivity contribution >= 4 is 15.9 Å². The van der Waals surface area contributed by atoms with Gasteiger partial charge in [0.2, 0.25) is 0 Å². The first kappa shape index (κ1) is 9.99. The van der Waals surface area contributed by atoms with Crippen molar-refractivity contribution in [2.45, 2.75) is 6.43 Å². The summed E-state index contributed by atoms with van der Waals surface area (Å²) in [7, 11) is 0. The van der Waals surface area contributed by atoms with Crippen molar-refractivity contribution in [2.24, 2.45) is 0 Å². The van der Waals surface area contributed by atoms with E-state index in [2.05, 4.69) is 20.9 Å². The van der Waals surface area contributed by atoms with Crippen molar-refractivity contribution in [3.8, 4) is 6.07 Å². The second-order valence-electron chi connectivity index (χ2n) is 2.10. The monoisotopic (exact) mass is 250 g/mol. The molecule has 0 unspecified atom stereocenters. The largest absolute Gasteiger partial charge is 0.268 e. The van der Waals surface area contributed by atoms with Gasteiger partial charge in [-0.25, -0.2) is 18.2 Å². The predicted molar refractivity (Wildman–Crippen MR) is 41.6 cm³/mol. The van der Waals surface area contributed by atoms with Gasteiger partial charge in [0.25, 0.3) is 6.43 Å². The summed E-state index contributed by atoms with van der Waals surface area (Å²) in [5.74, 6) is -1.14. The van der Waals surface area contributed by atoms with Crippen molar-refractivity contribution < 1.29 is 13.2 Å². The normalized spacial score (nSPS) is 10.2. The fourth-order valence-corrected chi connectivity index (χ4v) is 1.13. The molecular formula is C7H2BrF3N2. The van der Waals surface area contributed by atoms with Gasteiger partial charge in [0.1, 0.15) is 6.07 Å². The first-order valence-corrected chi connectivity index (χ1v) is 3.89. The maximum absolute atomic E-state index is 13.0. The Bertz CT molecular complexity index is 373. The fourth-order valence-electron chi connectivity index (χ4n) is 0.708. The number of hydrogen-bond acceptors (Lipinski definition) is 2. The average Bonchev–Trinajstić information content (AvgIpc) is 2.09. The lowest BCUT2D eigenvalue weighted by Gasteiger charge is -2.02. The SMILES string of the molecule is N#Cc1ncc(C(F)F)c(F)c1Br. The molecule has 13 heavy (non-hydrogen) atoms. The van der Waals surface area contributed by atoms with Crippen LogP contribution in [0.2, 0.25) is 0 Å². The fraction of sp³-hybridized carbons (Fsp3) is 0.143. The van der Waals surface area contributed by atoms with Gasteiger partial charge in [-0.15, -0.1) is 0 Å². The lowest BCUT2D eigenvalue weighted by atomic mass is 10.2. The molecular weight excluding hydrogens is 249 g/mol. The van der Waals surface area contributed by atoms with Crippen LogP contribution in [0.3, 0.4) is 0 Å². The van der Waals surface area contributed by atoms with E-state index in [1.807, 2.05) is 0 Å². The smallest absolute Gasteiger partial charge is 0.244 e. The Morgan fingerprint density at radius 1 is 1.54 bits per heavy atom. The summed E-state index contributed by atoms with van der Waals surface area (Å²) in [6.45, 7) is 0. The highest BCUT2D eigenvalue weighted by molar-refractivity contribution is 9.10. The van der Waals surface area contributed by atoms with Crippen molar-refractivity contribution in [3.05, 3.63) is 27.7 Å². The van der Waals surface area contributed by atoms with Gasteiger partial charge in [0.15, 0.2) is 11.5 Å². The van der Waals surface area contributed by atoms with E-state index in [1.54, 1.807) is 6.07 Å². The van der Waals surface area contributed by atoms with Crippen LogP contribution in [0.15, 0.2) is 10.7 Å². The number of rotatable bonds is 1. The molecule has 0 amide bonds. The summed E-state index contributed by atoms with van der Waals surface area (Å²) >= 11 is 2.67. The zero-order valence-electron chi connectivity index (χ0n) is 6.06. The van der Waals surface area contributed by atoms with E-state index in [0.717, 1.165) is 0 Å². The maximum atomic E-state index is 13.0. The molecule has 0 aliphatic heterocycles. The zero-order chi connectivity index (χ0) is 10.0. The van der Waals surface area contributed by atoms with Gasteiger partial charge in [-0.05, 0) is 15.9 Å². The van der Waals surface area contributed by atoms with E-state index in [4.69, 9.17) is 5.26 Å². The highest BCUT2D eigenvalue weighted by Crippen LogP contribution is 2.27. The minimum absolute atomic E-state index is 0.248. The highest BCUT2D eigenvalue weighted by atomic mass is 79.9. The van der Waals surface area contributed by atoms with E-state index in [-0.39, 0.29) is 10.2 Å². The molecule has 0 bridgehead atoms. The molecule has 0 saturated heterocycles. The Morgan fingerprint density at radius 3 is 2.62 bits per heavy atom. The summed E-state index contributed by atoms with van der Waals surface area (Å²) in [5.41, 5.74) is -1.06. The van der Waals surface area contributed by atoms with Gasteiger partial charge < -0.3 is 0 Å².